The van der Waals surface area contributed by atoms with Crippen LogP contribution >= 0.6 is 11.6 Å². The Labute approximate surface area is 131 Å². The summed E-state index contributed by atoms with van der Waals surface area (Å²) in [5, 5.41) is 17.7. The first kappa shape index (κ1) is 14.3. The molecular weight excluding hydrogens is 306 g/mol. The van der Waals surface area contributed by atoms with Crippen molar-refractivity contribution in [1.82, 2.24) is 29.8 Å². The first-order valence-corrected chi connectivity index (χ1v) is 7.07. The highest BCUT2D eigenvalue weighted by molar-refractivity contribution is 6.34. The van der Waals surface area contributed by atoms with Crippen LogP contribution in [0, 0.1) is 0 Å². The minimum atomic E-state index is -0.360. The fourth-order valence-electron chi connectivity index (χ4n) is 1.99. The summed E-state index contributed by atoms with van der Waals surface area (Å²) in [5.74, 6) is -0.360. The van der Waals surface area contributed by atoms with Gasteiger partial charge in [0, 0.05) is 24.5 Å². The monoisotopic (exact) mass is 319 g/mol. The summed E-state index contributed by atoms with van der Waals surface area (Å²) in [4.78, 5) is 12.0. The molecule has 0 unspecified atom stereocenters. The molecule has 3 rings (SSSR count). The Balaban J connectivity index is 1.66. The van der Waals surface area contributed by atoms with Gasteiger partial charge in [-0.1, -0.05) is 11.6 Å². The van der Waals surface area contributed by atoms with Gasteiger partial charge in [-0.25, -0.2) is 0 Å². The minimum absolute atomic E-state index is 0.221. The number of amides is 1. The third kappa shape index (κ3) is 3.01. The molecule has 114 valence electrons. The second kappa shape index (κ2) is 6.02. The van der Waals surface area contributed by atoms with E-state index in [1.165, 1.54) is 6.20 Å². The Morgan fingerprint density at radius 1 is 1.27 bits per heavy atom. The van der Waals surface area contributed by atoms with E-state index in [1.807, 2.05) is 17.8 Å². The molecule has 3 aromatic rings. The van der Waals surface area contributed by atoms with E-state index in [0.717, 1.165) is 12.1 Å². The smallest absolute Gasteiger partial charge is 0.275 e. The molecule has 2 N–H and O–H groups in total. The number of rotatable bonds is 5. The molecule has 0 aliphatic rings. The molecule has 0 spiro atoms. The fourth-order valence-corrected chi connectivity index (χ4v) is 2.16. The van der Waals surface area contributed by atoms with Crippen LogP contribution in [-0.2, 0) is 13.1 Å². The molecule has 22 heavy (non-hydrogen) atoms. The van der Waals surface area contributed by atoms with Gasteiger partial charge < -0.3 is 5.32 Å². The largest absolute Gasteiger partial charge is 0.318 e. The number of anilines is 1. The van der Waals surface area contributed by atoms with Crippen LogP contribution in [-0.4, -0.2) is 35.7 Å². The number of halogens is 1. The third-order valence-corrected chi connectivity index (χ3v) is 3.35. The summed E-state index contributed by atoms with van der Waals surface area (Å²) in [7, 11) is 0. The number of aromatic nitrogens is 6. The van der Waals surface area contributed by atoms with E-state index in [9.17, 15) is 4.79 Å². The van der Waals surface area contributed by atoms with Crippen molar-refractivity contribution in [2.45, 2.75) is 20.0 Å². The highest BCUT2D eigenvalue weighted by Crippen LogP contribution is 2.14. The zero-order valence-corrected chi connectivity index (χ0v) is 12.6. The SMILES string of the molecule is CCn1cc(Cn2cc(NC(=O)c3[nH]ncc3Cl)cn2)cn1. The van der Waals surface area contributed by atoms with Gasteiger partial charge in [-0.15, -0.1) is 0 Å². The summed E-state index contributed by atoms with van der Waals surface area (Å²) >= 11 is 5.84. The highest BCUT2D eigenvalue weighted by Gasteiger charge is 2.13. The van der Waals surface area contributed by atoms with E-state index < -0.39 is 0 Å². The second-order valence-electron chi connectivity index (χ2n) is 4.68. The molecule has 0 atom stereocenters. The zero-order chi connectivity index (χ0) is 15.5. The maximum Gasteiger partial charge on any atom is 0.275 e. The number of hydrogen-bond acceptors (Lipinski definition) is 4. The average Bonchev–Trinajstić information content (AvgIpc) is 3.21. The van der Waals surface area contributed by atoms with Crippen LogP contribution in [0.3, 0.4) is 0 Å². The predicted octanol–water partition coefficient (Wildman–Crippen LogP) is 1.78. The lowest BCUT2D eigenvalue weighted by Gasteiger charge is -2.00. The molecule has 8 nitrogen and oxygen atoms in total. The summed E-state index contributed by atoms with van der Waals surface area (Å²) in [5.41, 5.74) is 1.84. The van der Waals surface area contributed by atoms with Gasteiger partial charge in [0.05, 0.1) is 35.8 Å². The van der Waals surface area contributed by atoms with Crippen LogP contribution < -0.4 is 5.32 Å². The van der Waals surface area contributed by atoms with Crippen molar-refractivity contribution in [2.75, 3.05) is 5.32 Å². The van der Waals surface area contributed by atoms with Crippen molar-refractivity contribution in [3.63, 3.8) is 0 Å². The summed E-state index contributed by atoms with van der Waals surface area (Å²) < 4.78 is 3.57. The average molecular weight is 320 g/mol. The molecule has 0 saturated carbocycles. The van der Waals surface area contributed by atoms with Crippen LogP contribution in [0.15, 0.2) is 31.0 Å². The van der Waals surface area contributed by atoms with Gasteiger partial charge in [-0.3, -0.25) is 19.3 Å². The van der Waals surface area contributed by atoms with Gasteiger partial charge >= 0.3 is 0 Å². The molecule has 0 aliphatic heterocycles. The zero-order valence-electron chi connectivity index (χ0n) is 11.8. The Bertz CT molecular complexity index is 788. The maximum absolute atomic E-state index is 12.0. The normalized spacial score (nSPS) is 10.8. The van der Waals surface area contributed by atoms with Gasteiger partial charge in [0.25, 0.3) is 5.91 Å². The van der Waals surface area contributed by atoms with Crippen LogP contribution in [0.25, 0.3) is 0 Å². The standard InChI is InChI=1S/C13H14ClN7O/c1-2-20-6-9(3-16-20)7-21-8-10(4-17-21)18-13(22)12-11(14)5-15-19-12/h3-6,8H,2,7H2,1H3,(H,15,19)(H,18,22). The van der Waals surface area contributed by atoms with Crippen LogP contribution in [0.2, 0.25) is 5.02 Å². The van der Waals surface area contributed by atoms with Crippen molar-refractivity contribution < 1.29 is 4.79 Å². The number of nitrogens with one attached hydrogen (secondary N) is 2. The second-order valence-corrected chi connectivity index (χ2v) is 5.09. The molecule has 9 heteroatoms. The minimum Gasteiger partial charge on any atom is -0.318 e. The molecule has 3 heterocycles. The highest BCUT2D eigenvalue weighted by atomic mass is 35.5. The molecule has 0 saturated heterocycles. The lowest BCUT2D eigenvalue weighted by molar-refractivity contribution is 0.102. The molecule has 0 radical (unpaired) electrons. The number of aryl methyl sites for hydroxylation is 1. The summed E-state index contributed by atoms with van der Waals surface area (Å²) in [6.07, 6.45) is 8.46. The van der Waals surface area contributed by atoms with Crippen molar-refractivity contribution in [3.05, 3.63) is 47.3 Å². The van der Waals surface area contributed by atoms with Crippen LogP contribution in [0.4, 0.5) is 5.69 Å². The Morgan fingerprint density at radius 2 is 2.09 bits per heavy atom. The van der Waals surface area contributed by atoms with Crippen LogP contribution in [0.5, 0.6) is 0 Å². The van der Waals surface area contributed by atoms with E-state index >= 15 is 0 Å². The van der Waals surface area contributed by atoms with Crippen molar-refractivity contribution in [2.24, 2.45) is 0 Å². The van der Waals surface area contributed by atoms with Crippen molar-refractivity contribution in [3.8, 4) is 0 Å². The van der Waals surface area contributed by atoms with Crippen molar-refractivity contribution in [1.29, 1.82) is 0 Å². The van der Waals surface area contributed by atoms with Gasteiger partial charge in [0.1, 0.15) is 5.69 Å². The number of H-pyrrole nitrogens is 1. The fraction of sp³-hybridized carbons (Fsp3) is 0.231. The van der Waals surface area contributed by atoms with Gasteiger partial charge in [0.15, 0.2) is 0 Å². The Hall–Kier alpha value is -2.61. The molecule has 0 aliphatic carbocycles. The van der Waals surface area contributed by atoms with E-state index in [0.29, 0.717) is 12.2 Å². The molecule has 0 aromatic carbocycles. The van der Waals surface area contributed by atoms with Crippen LogP contribution in [0.1, 0.15) is 23.0 Å². The van der Waals surface area contributed by atoms with E-state index in [2.05, 4.69) is 25.7 Å². The predicted molar refractivity (Wildman–Crippen MR) is 80.8 cm³/mol. The summed E-state index contributed by atoms with van der Waals surface area (Å²) in [6, 6.07) is 0. The van der Waals surface area contributed by atoms with E-state index in [1.54, 1.807) is 23.3 Å². The Morgan fingerprint density at radius 3 is 2.77 bits per heavy atom. The third-order valence-electron chi connectivity index (χ3n) is 3.07. The molecule has 0 fully saturated rings. The first-order chi connectivity index (χ1) is 10.7. The molecular formula is C13H14ClN7O. The molecule has 3 aromatic heterocycles. The number of aromatic amines is 1. The van der Waals surface area contributed by atoms with E-state index in [-0.39, 0.29) is 16.6 Å². The molecule has 1 amide bonds. The van der Waals surface area contributed by atoms with Gasteiger partial charge in [-0.05, 0) is 6.92 Å². The lowest BCUT2D eigenvalue weighted by Crippen LogP contribution is -2.12. The quantitative estimate of drug-likeness (QED) is 0.749. The maximum atomic E-state index is 12.0. The molecule has 0 bridgehead atoms. The number of carbonyl (C=O) groups is 1. The lowest BCUT2D eigenvalue weighted by atomic mass is 10.3. The first-order valence-electron chi connectivity index (χ1n) is 6.69. The number of hydrogen-bond donors (Lipinski definition) is 2. The number of carbonyl (C=O) groups excluding carboxylic acids is 1. The van der Waals surface area contributed by atoms with Gasteiger partial charge in [-0.2, -0.15) is 15.3 Å². The van der Waals surface area contributed by atoms with Gasteiger partial charge in [0.2, 0.25) is 0 Å². The topological polar surface area (TPSA) is 93.4 Å². The number of nitrogens with zero attached hydrogens (tertiary/aromatic N) is 5. The Kier molecular flexibility index (Phi) is 3.92. The van der Waals surface area contributed by atoms with E-state index in [4.69, 9.17) is 11.6 Å². The summed E-state index contributed by atoms with van der Waals surface area (Å²) in [6.45, 7) is 3.44. The van der Waals surface area contributed by atoms with Crippen molar-refractivity contribution >= 4 is 23.2 Å².